The number of morpholine rings is 1. The summed E-state index contributed by atoms with van der Waals surface area (Å²) in [6.07, 6.45) is 0.0495. The van der Waals surface area contributed by atoms with Gasteiger partial charge in [-0.1, -0.05) is 0 Å². The molecule has 1 aliphatic heterocycles. The summed E-state index contributed by atoms with van der Waals surface area (Å²) in [6.45, 7) is 5.18. The third-order valence-corrected chi connectivity index (χ3v) is 3.29. The molecule has 1 fully saturated rings. The number of nitro groups is 1. The van der Waals surface area contributed by atoms with E-state index < -0.39 is 16.4 Å². The molecule has 0 unspecified atom stereocenters. The van der Waals surface area contributed by atoms with Gasteiger partial charge in [0.1, 0.15) is 11.5 Å². The second-order valence-corrected chi connectivity index (χ2v) is 5.42. The number of carbonyl (C=O) groups excluding carboxylic acids is 1. The van der Waals surface area contributed by atoms with Crippen LogP contribution in [0.25, 0.3) is 0 Å². The number of anilines is 1. The van der Waals surface area contributed by atoms with Crippen LogP contribution in [0.4, 0.5) is 15.8 Å². The molecular weight excluding hydrogens is 293 g/mol. The van der Waals surface area contributed by atoms with Crippen molar-refractivity contribution in [3.8, 4) is 0 Å². The zero-order valence-electron chi connectivity index (χ0n) is 12.4. The Morgan fingerprint density at radius 3 is 2.68 bits per heavy atom. The average molecular weight is 311 g/mol. The highest BCUT2D eigenvalue weighted by Gasteiger charge is 2.24. The predicted octanol–water partition coefficient (Wildman–Crippen LogP) is 1.78. The highest BCUT2D eigenvalue weighted by atomic mass is 19.1. The Labute approximate surface area is 127 Å². The van der Waals surface area contributed by atoms with Gasteiger partial charge in [0.15, 0.2) is 0 Å². The predicted molar refractivity (Wildman–Crippen MR) is 78.1 cm³/mol. The van der Waals surface area contributed by atoms with Gasteiger partial charge in [0.25, 0.3) is 5.69 Å². The zero-order valence-corrected chi connectivity index (χ0v) is 12.4. The van der Waals surface area contributed by atoms with Gasteiger partial charge in [-0.2, -0.15) is 0 Å². The van der Waals surface area contributed by atoms with Gasteiger partial charge in [0.05, 0.1) is 29.7 Å². The molecular formula is C14H18FN3O4. The first-order chi connectivity index (χ1) is 10.3. The number of ether oxygens (including phenoxy) is 1. The van der Waals surface area contributed by atoms with Gasteiger partial charge in [0, 0.05) is 13.1 Å². The second kappa shape index (κ2) is 6.80. The number of carbonyl (C=O) groups is 1. The van der Waals surface area contributed by atoms with Crippen LogP contribution in [0.5, 0.6) is 0 Å². The van der Waals surface area contributed by atoms with E-state index in [0.29, 0.717) is 13.1 Å². The van der Waals surface area contributed by atoms with Crippen LogP contribution in [-0.4, -0.2) is 47.6 Å². The van der Waals surface area contributed by atoms with Crippen LogP contribution < -0.4 is 5.32 Å². The lowest BCUT2D eigenvalue weighted by Crippen LogP contribution is -2.48. The Balaban J connectivity index is 2.02. The first-order valence-electron chi connectivity index (χ1n) is 6.96. The number of nitro benzene ring substituents is 1. The van der Waals surface area contributed by atoms with E-state index in [1.807, 2.05) is 18.7 Å². The number of hydrogen-bond acceptors (Lipinski definition) is 5. The number of halogens is 1. The monoisotopic (exact) mass is 311 g/mol. The van der Waals surface area contributed by atoms with Crippen LogP contribution in [0.1, 0.15) is 13.8 Å². The Morgan fingerprint density at radius 1 is 1.45 bits per heavy atom. The van der Waals surface area contributed by atoms with E-state index in [0.717, 1.165) is 12.1 Å². The van der Waals surface area contributed by atoms with E-state index in [-0.39, 0.29) is 30.3 Å². The fourth-order valence-electron chi connectivity index (χ4n) is 2.57. The van der Waals surface area contributed by atoms with Crippen molar-refractivity contribution in [3.05, 3.63) is 34.1 Å². The molecule has 0 bridgehead atoms. The molecule has 0 aromatic heterocycles. The van der Waals surface area contributed by atoms with E-state index in [9.17, 15) is 19.3 Å². The standard InChI is InChI=1S/C14H18FN3O4/c1-9-6-17(7-10(2)22-9)8-14(19)16-12-4-3-11(15)5-13(12)18(20)21/h3-5,9-10H,6-8H2,1-2H3,(H,16,19)/t9-,10+. The van der Waals surface area contributed by atoms with Crippen molar-refractivity contribution in [3.63, 3.8) is 0 Å². The van der Waals surface area contributed by atoms with Gasteiger partial charge in [-0.15, -0.1) is 0 Å². The van der Waals surface area contributed by atoms with E-state index in [4.69, 9.17) is 4.74 Å². The van der Waals surface area contributed by atoms with Crippen molar-refractivity contribution in [1.29, 1.82) is 0 Å². The van der Waals surface area contributed by atoms with Crippen LogP contribution in [0, 0.1) is 15.9 Å². The highest BCUT2D eigenvalue weighted by molar-refractivity contribution is 5.94. The summed E-state index contributed by atoms with van der Waals surface area (Å²) in [5.41, 5.74) is -0.470. The Kier molecular flexibility index (Phi) is 5.04. The van der Waals surface area contributed by atoms with Gasteiger partial charge < -0.3 is 10.1 Å². The first kappa shape index (κ1) is 16.3. The summed E-state index contributed by atoms with van der Waals surface area (Å²) >= 11 is 0. The molecule has 1 N–H and O–H groups in total. The van der Waals surface area contributed by atoms with Crippen molar-refractivity contribution in [2.24, 2.45) is 0 Å². The average Bonchev–Trinajstić information content (AvgIpc) is 2.39. The smallest absolute Gasteiger partial charge is 0.295 e. The minimum atomic E-state index is -0.725. The number of nitrogens with zero attached hydrogens (tertiary/aromatic N) is 2. The maximum absolute atomic E-state index is 13.1. The minimum absolute atomic E-state index is 0.00856. The molecule has 1 aromatic rings. The summed E-state index contributed by atoms with van der Waals surface area (Å²) in [5, 5.41) is 13.4. The maximum Gasteiger partial charge on any atom is 0.295 e. The molecule has 8 heteroatoms. The van der Waals surface area contributed by atoms with Crippen molar-refractivity contribution < 1.29 is 18.8 Å². The number of benzene rings is 1. The first-order valence-corrected chi connectivity index (χ1v) is 6.96. The lowest BCUT2D eigenvalue weighted by molar-refractivity contribution is -0.384. The Hall–Kier alpha value is -2.06. The van der Waals surface area contributed by atoms with Gasteiger partial charge in [-0.05, 0) is 26.0 Å². The molecule has 0 aliphatic carbocycles. The molecule has 0 radical (unpaired) electrons. The van der Waals surface area contributed by atoms with Gasteiger partial charge in [-0.3, -0.25) is 19.8 Å². The highest BCUT2D eigenvalue weighted by Crippen LogP contribution is 2.25. The van der Waals surface area contributed by atoms with Gasteiger partial charge in [-0.25, -0.2) is 4.39 Å². The lowest BCUT2D eigenvalue weighted by Gasteiger charge is -2.34. The van der Waals surface area contributed by atoms with Crippen LogP contribution >= 0.6 is 0 Å². The largest absolute Gasteiger partial charge is 0.373 e. The molecule has 1 heterocycles. The van der Waals surface area contributed by atoms with Crippen LogP contribution in [-0.2, 0) is 9.53 Å². The molecule has 2 rings (SSSR count). The van der Waals surface area contributed by atoms with Crippen molar-refractivity contribution in [2.75, 3.05) is 25.0 Å². The van der Waals surface area contributed by atoms with Crippen molar-refractivity contribution >= 4 is 17.3 Å². The minimum Gasteiger partial charge on any atom is -0.373 e. The molecule has 7 nitrogen and oxygen atoms in total. The SMILES string of the molecule is C[C@@H]1CN(CC(=O)Nc2ccc(F)cc2[N+](=O)[O-])C[C@H](C)O1. The van der Waals surface area contributed by atoms with E-state index in [1.54, 1.807) is 0 Å². The van der Waals surface area contributed by atoms with Crippen LogP contribution in [0.2, 0.25) is 0 Å². The fraction of sp³-hybridized carbons (Fsp3) is 0.500. The molecule has 0 saturated carbocycles. The summed E-state index contributed by atoms with van der Waals surface area (Å²) in [4.78, 5) is 24.1. The summed E-state index contributed by atoms with van der Waals surface area (Å²) in [6, 6.07) is 3.05. The van der Waals surface area contributed by atoms with Crippen molar-refractivity contribution in [1.82, 2.24) is 4.90 Å². The third-order valence-electron chi connectivity index (χ3n) is 3.29. The van der Waals surface area contributed by atoms with Crippen molar-refractivity contribution in [2.45, 2.75) is 26.1 Å². The number of hydrogen-bond donors (Lipinski definition) is 1. The van der Waals surface area contributed by atoms with Crippen LogP contribution in [0.3, 0.4) is 0 Å². The molecule has 1 aromatic carbocycles. The zero-order chi connectivity index (χ0) is 16.3. The molecule has 1 amide bonds. The normalized spacial score (nSPS) is 22.3. The third kappa shape index (κ3) is 4.22. The molecule has 2 atom stereocenters. The number of nitrogens with one attached hydrogen (secondary N) is 1. The van der Waals surface area contributed by atoms with Crippen LogP contribution in [0.15, 0.2) is 18.2 Å². The molecule has 1 aliphatic rings. The molecule has 120 valence electrons. The van der Waals surface area contributed by atoms with Gasteiger partial charge >= 0.3 is 0 Å². The topological polar surface area (TPSA) is 84.7 Å². The Bertz CT molecular complexity index is 571. The second-order valence-electron chi connectivity index (χ2n) is 5.42. The van der Waals surface area contributed by atoms with E-state index in [2.05, 4.69) is 5.32 Å². The summed E-state index contributed by atoms with van der Waals surface area (Å²) < 4.78 is 18.6. The maximum atomic E-state index is 13.1. The molecule has 0 spiro atoms. The quantitative estimate of drug-likeness (QED) is 0.677. The molecule has 1 saturated heterocycles. The summed E-state index contributed by atoms with van der Waals surface area (Å²) in [7, 11) is 0. The van der Waals surface area contributed by atoms with Gasteiger partial charge in [0.2, 0.25) is 5.91 Å². The summed E-state index contributed by atoms with van der Waals surface area (Å²) in [5.74, 6) is -1.10. The number of amides is 1. The lowest BCUT2D eigenvalue weighted by atomic mass is 10.2. The number of rotatable bonds is 4. The van der Waals surface area contributed by atoms with E-state index >= 15 is 0 Å². The fourth-order valence-corrected chi connectivity index (χ4v) is 2.57. The van der Waals surface area contributed by atoms with E-state index in [1.165, 1.54) is 6.07 Å². The Morgan fingerprint density at radius 2 is 2.09 bits per heavy atom. The molecule has 22 heavy (non-hydrogen) atoms.